The van der Waals surface area contributed by atoms with Crippen LogP contribution in [-0.2, 0) is 9.63 Å². The van der Waals surface area contributed by atoms with E-state index in [0.717, 1.165) is 0 Å². The number of hydrogen-bond donors (Lipinski definition) is 2. The lowest BCUT2D eigenvalue weighted by Crippen LogP contribution is -1.99. The first-order valence-corrected chi connectivity index (χ1v) is 4.34. The van der Waals surface area contributed by atoms with E-state index in [4.69, 9.17) is 15.1 Å². The maximum atomic E-state index is 10.1. The minimum Gasteiger partial charge on any atom is -0.508 e. The van der Waals surface area contributed by atoms with E-state index in [2.05, 4.69) is 5.16 Å². The minimum absolute atomic E-state index is 0.0324. The second kappa shape index (κ2) is 5.64. The van der Waals surface area contributed by atoms with Gasteiger partial charge in [-0.3, -0.25) is 4.79 Å². The molecule has 0 radical (unpaired) electrons. The van der Waals surface area contributed by atoms with Gasteiger partial charge in [-0.25, -0.2) is 0 Å². The van der Waals surface area contributed by atoms with Crippen LogP contribution in [0.25, 0.3) is 0 Å². The highest BCUT2D eigenvalue weighted by Gasteiger charge is 1.95. The van der Waals surface area contributed by atoms with Crippen LogP contribution >= 0.6 is 0 Å². The van der Waals surface area contributed by atoms with Crippen LogP contribution in [0.1, 0.15) is 12.0 Å². The fourth-order valence-electron chi connectivity index (χ4n) is 0.889. The van der Waals surface area contributed by atoms with Gasteiger partial charge in [0.05, 0.1) is 12.6 Å². The Bertz CT molecular complexity index is 362. The zero-order valence-corrected chi connectivity index (χ0v) is 7.96. The van der Waals surface area contributed by atoms with Crippen molar-refractivity contribution in [3.8, 4) is 5.75 Å². The maximum Gasteiger partial charge on any atom is 0.306 e. The van der Waals surface area contributed by atoms with Gasteiger partial charge in [-0.1, -0.05) is 17.3 Å². The first-order valence-electron chi connectivity index (χ1n) is 4.34. The van der Waals surface area contributed by atoms with Gasteiger partial charge >= 0.3 is 5.97 Å². The van der Waals surface area contributed by atoms with Crippen LogP contribution in [-0.4, -0.2) is 29.0 Å². The smallest absolute Gasteiger partial charge is 0.306 e. The zero-order chi connectivity index (χ0) is 11.1. The summed E-state index contributed by atoms with van der Waals surface area (Å²) in [4.78, 5) is 14.8. The molecule has 1 rings (SSSR count). The standard InChI is InChI=1S/C10H11NO4/c12-9-3-1-2-8(6-9)7-11-15-5-4-10(13)14/h1-3,6-7,12H,4-5H2,(H,13,14)/b11-7+. The van der Waals surface area contributed by atoms with Crippen molar-refractivity contribution in [2.75, 3.05) is 6.61 Å². The number of rotatable bonds is 5. The SMILES string of the molecule is O=C(O)CCO/N=C/c1cccc(O)c1. The number of carbonyl (C=O) groups is 1. The average Bonchev–Trinajstić information content (AvgIpc) is 2.17. The van der Waals surface area contributed by atoms with Gasteiger partial charge < -0.3 is 15.1 Å². The van der Waals surface area contributed by atoms with Crippen LogP contribution in [0, 0.1) is 0 Å². The summed E-state index contributed by atoms with van der Waals surface area (Å²) >= 11 is 0. The van der Waals surface area contributed by atoms with E-state index >= 15 is 0 Å². The molecular weight excluding hydrogens is 198 g/mol. The van der Waals surface area contributed by atoms with Crippen molar-refractivity contribution in [1.29, 1.82) is 0 Å². The second-order valence-corrected chi connectivity index (χ2v) is 2.81. The van der Waals surface area contributed by atoms with E-state index in [0.29, 0.717) is 5.56 Å². The molecule has 0 aliphatic carbocycles. The Kier molecular flexibility index (Phi) is 4.15. The molecule has 0 fully saturated rings. The molecule has 0 aliphatic rings. The van der Waals surface area contributed by atoms with E-state index in [1.807, 2.05) is 0 Å². The lowest BCUT2D eigenvalue weighted by molar-refractivity contribution is -0.138. The molecular formula is C10H11NO4. The summed E-state index contributed by atoms with van der Waals surface area (Å²) in [5.41, 5.74) is 0.685. The number of phenols is 1. The highest BCUT2D eigenvalue weighted by molar-refractivity contribution is 5.79. The van der Waals surface area contributed by atoms with Gasteiger partial charge in [-0.15, -0.1) is 0 Å². The lowest BCUT2D eigenvalue weighted by atomic mass is 10.2. The van der Waals surface area contributed by atoms with Crippen molar-refractivity contribution < 1.29 is 19.8 Å². The van der Waals surface area contributed by atoms with Crippen LogP contribution in [0.4, 0.5) is 0 Å². The molecule has 2 N–H and O–H groups in total. The number of carboxylic acid groups (broad SMARTS) is 1. The fraction of sp³-hybridized carbons (Fsp3) is 0.200. The van der Waals surface area contributed by atoms with Crippen molar-refractivity contribution in [2.45, 2.75) is 6.42 Å². The van der Waals surface area contributed by atoms with Gasteiger partial charge in [0.2, 0.25) is 0 Å². The molecule has 15 heavy (non-hydrogen) atoms. The van der Waals surface area contributed by atoms with Crippen molar-refractivity contribution in [2.24, 2.45) is 5.16 Å². The highest BCUT2D eigenvalue weighted by atomic mass is 16.6. The summed E-state index contributed by atoms with van der Waals surface area (Å²) in [5, 5.41) is 21.0. The van der Waals surface area contributed by atoms with Gasteiger partial charge in [0.1, 0.15) is 12.4 Å². The highest BCUT2D eigenvalue weighted by Crippen LogP contribution is 2.08. The Morgan fingerprint density at radius 3 is 3.00 bits per heavy atom. The molecule has 1 aromatic carbocycles. The van der Waals surface area contributed by atoms with Gasteiger partial charge in [-0.2, -0.15) is 0 Å². The van der Waals surface area contributed by atoms with E-state index in [-0.39, 0.29) is 18.8 Å². The summed E-state index contributed by atoms with van der Waals surface area (Å²) in [6.07, 6.45) is 1.32. The Morgan fingerprint density at radius 2 is 2.33 bits per heavy atom. The predicted octanol–water partition coefficient (Wildman–Crippen LogP) is 1.22. The van der Waals surface area contributed by atoms with Gasteiger partial charge in [-0.05, 0) is 17.7 Å². The number of nitrogens with zero attached hydrogens (tertiary/aromatic N) is 1. The predicted molar refractivity (Wildman–Crippen MR) is 53.9 cm³/mol. The Labute approximate surface area is 86.6 Å². The summed E-state index contributed by atoms with van der Waals surface area (Å²) in [6.45, 7) is 0.0324. The molecule has 0 saturated heterocycles. The third kappa shape index (κ3) is 4.66. The third-order valence-corrected chi connectivity index (χ3v) is 1.55. The molecule has 80 valence electrons. The molecule has 0 aliphatic heterocycles. The summed E-state index contributed by atoms with van der Waals surface area (Å²) in [5.74, 6) is -0.785. The summed E-state index contributed by atoms with van der Waals surface area (Å²) in [7, 11) is 0. The number of benzene rings is 1. The van der Waals surface area contributed by atoms with Crippen molar-refractivity contribution in [3.05, 3.63) is 29.8 Å². The van der Waals surface area contributed by atoms with Crippen LogP contribution in [0.3, 0.4) is 0 Å². The molecule has 5 nitrogen and oxygen atoms in total. The van der Waals surface area contributed by atoms with Crippen LogP contribution in [0.2, 0.25) is 0 Å². The number of aliphatic carboxylic acids is 1. The number of carboxylic acids is 1. The largest absolute Gasteiger partial charge is 0.508 e. The first kappa shape index (κ1) is 11.0. The summed E-state index contributed by atoms with van der Waals surface area (Å²) < 4.78 is 0. The van der Waals surface area contributed by atoms with E-state index in [1.165, 1.54) is 12.3 Å². The van der Waals surface area contributed by atoms with Gasteiger partial charge in [0.15, 0.2) is 0 Å². The van der Waals surface area contributed by atoms with E-state index in [1.54, 1.807) is 18.2 Å². The Morgan fingerprint density at radius 1 is 1.53 bits per heavy atom. The van der Waals surface area contributed by atoms with E-state index < -0.39 is 5.97 Å². The fourth-order valence-corrected chi connectivity index (χ4v) is 0.889. The number of aromatic hydroxyl groups is 1. The quantitative estimate of drug-likeness (QED) is 0.434. The second-order valence-electron chi connectivity index (χ2n) is 2.81. The van der Waals surface area contributed by atoms with E-state index in [9.17, 15) is 4.79 Å². The molecule has 5 heteroatoms. The molecule has 0 heterocycles. The minimum atomic E-state index is -0.928. The summed E-state index contributed by atoms with van der Waals surface area (Å²) in [6, 6.07) is 6.48. The molecule has 0 spiro atoms. The molecule has 0 atom stereocenters. The molecule has 0 unspecified atom stereocenters. The van der Waals surface area contributed by atoms with Crippen molar-refractivity contribution in [1.82, 2.24) is 0 Å². The zero-order valence-electron chi connectivity index (χ0n) is 7.96. The topological polar surface area (TPSA) is 79.1 Å². The van der Waals surface area contributed by atoms with Gasteiger partial charge in [0.25, 0.3) is 0 Å². The molecule has 0 aromatic heterocycles. The molecule has 0 bridgehead atoms. The van der Waals surface area contributed by atoms with Gasteiger partial charge in [0, 0.05) is 0 Å². The Balaban J connectivity index is 2.35. The Hall–Kier alpha value is -2.04. The third-order valence-electron chi connectivity index (χ3n) is 1.55. The molecule has 1 aromatic rings. The maximum absolute atomic E-state index is 10.1. The monoisotopic (exact) mass is 209 g/mol. The number of hydrogen-bond acceptors (Lipinski definition) is 4. The number of phenolic OH excluding ortho intramolecular Hbond substituents is 1. The van der Waals surface area contributed by atoms with Crippen LogP contribution < -0.4 is 0 Å². The van der Waals surface area contributed by atoms with Crippen molar-refractivity contribution >= 4 is 12.2 Å². The first-order chi connectivity index (χ1) is 7.18. The van der Waals surface area contributed by atoms with Crippen LogP contribution in [0.15, 0.2) is 29.4 Å². The normalized spacial score (nSPS) is 10.4. The number of oxime groups is 1. The lowest BCUT2D eigenvalue weighted by Gasteiger charge is -1.96. The average molecular weight is 209 g/mol. The van der Waals surface area contributed by atoms with Crippen molar-refractivity contribution in [3.63, 3.8) is 0 Å². The van der Waals surface area contributed by atoms with Crippen LogP contribution in [0.5, 0.6) is 5.75 Å². The molecule has 0 amide bonds. The molecule has 0 saturated carbocycles.